The first kappa shape index (κ1) is 27.0. The first-order valence-electron chi connectivity index (χ1n) is 16.6. The van der Waals surface area contributed by atoms with Crippen LogP contribution in [0.1, 0.15) is 0 Å². The Kier molecular flexibility index (Phi) is 5.63. The number of benzene rings is 8. The van der Waals surface area contributed by atoms with E-state index >= 15 is 0 Å². The molecule has 3 heterocycles. The number of hydrogen-bond acceptors (Lipinski definition) is 4. The van der Waals surface area contributed by atoms with Gasteiger partial charge in [0.1, 0.15) is 0 Å². The molecule has 0 saturated carbocycles. The van der Waals surface area contributed by atoms with Gasteiger partial charge in [0.15, 0.2) is 18.8 Å². The minimum absolute atomic E-state index is 0.860. The van der Waals surface area contributed by atoms with Crippen LogP contribution in [0.5, 0.6) is 11.5 Å². The van der Waals surface area contributed by atoms with Gasteiger partial charge in [-0.1, -0.05) is 109 Å². The summed E-state index contributed by atoms with van der Waals surface area (Å²) in [5.74, 6) is 1.73. The molecular weight excluding hydrogens is 615 g/mol. The molecular formula is C44H26BN2OS. The Hall–Kier alpha value is -6.04. The molecule has 2 aliphatic rings. The van der Waals surface area contributed by atoms with Crippen molar-refractivity contribution in [2.75, 3.05) is 10.2 Å². The highest BCUT2D eigenvalue weighted by atomic mass is 32.1. The smallest absolute Gasteiger partial charge is 0.198 e. The number of anilines is 5. The third-order valence-electron chi connectivity index (χ3n) is 10.0. The van der Waals surface area contributed by atoms with E-state index < -0.39 is 0 Å². The molecule has 1 aromatic heterocycles. The van der Waals surface area contributed by atoms with Crippen LogP contribution in [-0.2, 0) is 0 Å². The van der Waals surface area contributed by atoms with Crippen molar-refractivity contribution in [3.8, 4) is 22.6 Å². The largest absolute Gasteiger partial charge is 0.453 e. The molecule has 227 valence electrons. The molecule has 0 unspecified atom stereocenters. The predicted octanol–water partition coefficient (Wildman–Crippen LogP) is 11.3. The highest BCUT2D eigenvalue weighted by Crippen LogP contribution is 2.52. The third-order valence-corrected chi connectivity index (χ3v) is 11.2. The number of hydrogen-bond donors (Lipinski definition) is 1. The predicted molar refractivity (Wildman–Crippen MR) is 209 cm³/mol. The van der Waals surface area contributed by atoms with Crippen LogP contribution in [0.25, 0.3) is 52.8 Å². The van der Waals surface area contributed by atoms with Crippen LogP contribution in [0.4, 0.5) is 28.4 Å². The van der Waals surface area contributed by atoms with Gasteiger partial charge in [-0.2, -0.15) is 0 Å². The van der Waals surface area contributed by atoms with Crippen LogP contribution in [0.3, 0.4) is 0 Å². The molecule has 0 aliphatic carbocycles. The van der Waals surface area contributed by atoms with Crippen LogP contribution < -0.4 is 25.9 Å². The summed E-state index contributed by atoms with van der Waals surface area (Å²) < 4.78 is 9.07. The van der Waals surface area contributed by atoms with Crippen LogP contribution in [-0.4, -0.2) is 7.28 Å². The lowest BCUT2D eigenvalue weighted by molar-refractivity contribution is 0.477. The van der Waals surface area contributed by atoms with Gasteiger partial charge in [-0.15, -0.1) is 11.3 Å². The normalized spacial score (nSPS) is 12.8. The minimum Gasteiger partial charge on any atom is -0.453 e. The number of fused-ring (bicyclic) bond motifs is 9. The van der Waals surface area contributed by atoms with Gasteiger partial charge in [0.2, 0.25) is 0 Å². The monoisotopic (exact) mass is 641 g/mol. The second kappa shape index (κ2) is 10.2. The van der Waals surface area contributed by atoms with Gasteiger partial charge in [0.25, 0.3) is 0 Å². The maximum Gasteiger partial charge on any atom is 0.198 e. The van der Waals surface area contributed by atoms with Crippen molar-refractivity contribution in [1.82, 2.24) is 0 Å². The molecule has 1 N–H and O–H groups in total. The topological polar surface area (TPSA) is 24.5 Å². The first-order chi connectivity index (χ1) is 24.3. The summed E-state index contributed by atoms with van der Waals surface area (Å²) >= 11 is 1.85. The van der Waals surface area contributed by atoms with Gasteiger partial charge in [0, 0.05) is 42.5 Å². The maximum absolute atomic E-state index is 6.46. The fourth-order valence-electron chi connectivity index (χ4n) is 7.88. The molecule has 8 aromatic carbocycles. The van der Waals surface area contributed by atoms with Crippen molar-refractivity contribution in [1.29, 1.82) is 0 Å². The highest BCUT2D eigenvalue weighted by molar-refractivity contribution is 7.25. The Morgan fingerprint density at radius 1 is 0.551 bits per heavy atom. The summed E-state index contributed by atoms with van der Waals surface area (Å²) in [5.41, 5.74) is 10.2. The van der Waals surface area contributed by atoms with Crippen LogP contribution >= 0.6 is 11.3 Å². The summed E-state index contributed by atoms with van der Waals surface area (Å²) in [5, 5.41) is 11.3. The maximum atomic E-state index is 6.46. The SMILES string of the molecule is [B]1c2cccc3c2N(c2ccccc2O3)c2cc3ccccc3c(-c3ccc4ccccc4c3Nc3ccc4sc5ccccc5c4c3)c21. The van der Waals surface area contributed by atoms with Gasteiger partial charge in [-0.3, -0.25) is 0 Å². The average Bonchev–Trinajstić information content (AvgIpc) is 3.52. The summed E-state index contributed by atoms with van der Waals surface area (Å²) in [6.07, 6.45) is 0. The molecule has 5 heteroatoms. The van der Waals surface area contributed by atoms with Crippen molar-refractivity contribution in [2.24, 2.45) is 0 Å². The van der Waals surface area contributed by atoms with Crippen molar-refractivity contribution in [2.45, 2.75) is 0 Å². The number of rotatable bonds is 3. The molecule has 0 bridgehead atoms. The van der Waals surface area contributed by atoms with Crippen LogP contribution in [0.2, 0.25) is 0 Å². The van der Waals surface area contributed by atoms with Crippen molar-refractivity contribution < 1.29 is 4.74 Å². The second-order valence-electron chi connectivity index (χ2n) is 12.8. The molecule has 0 amide bonds. The summed E-state index contributed by atoms with van der Waals surface area (Å²) in [6.45, 7) is 0. The van der Waals surface area contributed by atoms with Crippen molar-refractivity contribution in [3.63, 3.8) is 0 Å². The van der Waals surface area contributed by atoms with Crippen LogP contribution in [0.15, 0.2) is 152 Å². The molecule has 0 spiro atoms. The van der Waals surface area contributed by atoms with E-state index in [2.05, 4.69) is 163 Å². The Bertz CT molecular complexity index is 2840. The van der Waals surface area contributed by atoms with E-state index in [1.54, 1.807) is 0 Å². The summed E-state index contributed by atoms with van der Waals surface area (Å²) in [7, 11) is 2.35. The Balaban J connectivity index is 1.19. The van der Waals surface area contributed by atoms with E-state index in [9.17, 15) is 0 Å². The minimum atomic E-state index is 0.860. The Morgan fingerprint density at radius 3 is 2.24 bits per heavy atom. The van der Waals surface area contributed by atoms with Crippen molar-refractivity contribution in [3.05, 3.63) is 152 Å². The summed E-state index contributed by atoms with van der Waals surface area (Å²) in [6, 6.07) is 54.6. The molecule has 0 fully saturated rings. The van der Waals surface area contributed by atoms with E-state index in [4.69, 9.17) is 4.74 Å². The lowest BCUT2D eigenvalue weighted by Gasteiger charge is -2.39. The zero-order valence-corrected chi connectivity index (χ0v) is 27.1. The highest BCUT2D eigenvalue weighted by Gasteiger charge is 2.35. The van der Waals surface area contributed by atoms with Gasteiger partial charge in [0.05, 0.1) is 17.1 Å². The molecule has 9 aromatic rings. The van der Waals surface area contributed by atoms with Crippen molar-refractivity contribution >= 4 is 99.7 Å². The quantitative estimate of drug-likeness (QED) is 0.194. The van der Waals surface area contributed by atoms with Crippen LogP contribution in [0, 0.1) is 0 Å². The fraction of sp³-hybridized carbons (Fsp3) is 0. The van der Waals surface area contributed by atoms with Gasteiger partial charge in [-0.05, 0) is 75.7 Å². The number of nitrogens with zero attached hydrogens (tertiary/aromatic N) is 1. The zero-order valence-electron chi connectivity index (χ0n) is 26.3. The second-order valence-corrected chi connectivity index (χ2v) is 13.9. The Labute approximate surface area is 287 Å². The molecule has 0 atom stereocenters. The number of para-hydroxylation sites is 3. The number of ether oxygens (including phenoxy) is 1. The molecule has 0 saturated heterocycles. The van der Waals surface area contributed by atoms with Gasteiger partial charge in [-0.25, -0.2) is 0 Å². The van der Waals surface area contributed by atoms with E-state index in [-0.39, 0.29) is 0 Å². The average molecular weight is 642 g/mol. The van der Waals surface area contributed by atoms with Gasteiger partial charge < -0.3 is 15.0 Å². The number of nitrogens with one attached hydrogen (secondary N) is 1. The Morgan fingerprint density at radius 2 is 1.31 bits per heavy atom. The molecule has 2 aliphatic heterocycles. The summed E-state index contributed by atoms with van der Waals surface area (Å²) in [4.78, 5) is 2.40. The number of thiophene rings is 1. The zero-order chi connectivity index (χ0) is 32.1. The molecule has 49 heavy (non-hydrogen) atoms. The lowest BCUT2D eigenvalue weighted by atomic mass is 9.57. The molecule has 11 rings (SSSR count). The standard InChI is InChI=1S/C44H26BN2OS/c1-4-13-30-26(10-1)20-22-32(43(30)46-28-21-23-40-33(25-28)31-14-5-8-19-39(31)49-40)41-29-12-3-2-11-27(29)24-36-42(41)45-34-15-9-18-38-44(34)47(36)35-16-6-7-17-37(35)48-38/h1-25,46H. The lowest BCUT2D eigenvalue weighted by Crippen LogP contribution is -2.42. The van der Waals surface area contributed by atoms with Gasteiger partial charge >= 0.3 is 0 Å². The first-order valence-corrected chi connectivity index (χ1v) is 17.4. The third kappa shape index (κ3) is 3.97. The molecule has 3 nitrogen and oxygen atoms in total. The van der Waals surface area contributed by atoms with E-state index in [0.717, 1.165) is 45.4 Å². The van der Waals surface area contributed by atoms with E-state index in [1.165, 1.54) is 58.3 Å². The van der Waals surface area contributed by atoms with E-state index in [0.29, 0.717) is 0 Å². The fourth-order valence-corrected chi connectivity index (χ4v) is 8.97. The van der Waals surface area contributed by atoms with E-state index in [1.807, 2.05) is 17.4 Å². The molecule has 1 radical (unpaired) electrons.